The molecule has 0 amide bonds. The van der Waals surface area contributed by atoms with Gasteiger partial charge in [-0.05, 0) is 81.0 Å². The second kappa shape index (κ2) is 7.42. The first kappa shape index (κ1) is 20.1. The zero-order valence-electron chi connectivity index (χ0n) is 17.0. The summed E-state index contributed by atoms with van der Waals surface area (Å²) in [6, 6.07) is 7.05. The van der Waals surface area contributed by atoms with Crippen molar-refractivity contribution in [3.63, 3.8) is 0 Å². The van der Waals surface area contributed by atoms with Crippen molar-refractivity contribution in [2.45, 2.75) is 59.2 Å². The van der Waals surface area contributed by atoms with Crippen LogP contribution in [0.2, 0.25) is 0 Å². The molecular weight excluding hydrogens is 346 g/mol. The molecule has 27 heavy (non-hydrogen) atoms. The van der Waals surface area contributed by atoms with Crippen LogP contribution in [0.1, 0.15) is 47.1 Å². The Labute approximate surface area is 161 Å². The molecule has 0 saturated carbocycles. The van der Waals surface area contributed by atoms with E-state index in [1.165, 1.54) is 6.07 Å². The summed E-state index contributed by atoms with van der Waals surface area (Å²) in [5, 5.41) is 1.73. The number of fused-ring (bicyclic) bond motifs is 1. The van der Waals surface area contributed by atoms with Crippen LogP contribution in [0.3, 0.4) is 0 Å². The molecule has 146 valence electrons. The molecule has 0 radical (unpaired) electrons. The maximum absolute atomic E-state index is 14.5. The molecule has 0 aromatic heterocycles. The van der Waals surface area contributed by atoms with Crippen LogP contribution in [0.5, 0.6) is 5.75 Å². The van der Waals surface area contributed by atoms with E-state index in [9.17, 15) is 4.39 Å². The Kier molecular flexibility index (Phi) is 5.53. The van der Waals surface area contributed by atoms with E-state index >= 15 is 0 Å². The fourth-order valence-electron chi connectivity index (χ4n) is 3.30. The highest BCUT2D eigenvalue weighted by Crippen LogP contribution is 2.38. The lowest BCUT2D eigenvalue weighted by atomic mass is 9.74. The number of ether oxygens (including phenoxy) is 2. The topological polar surface area (TPSA) is 36.9 Å². The third-order valence-corrected chi connectivity index (χ3v) is 5.55. The zero-order chi connectivity index (χ0) is 19.8. The zero-order valence-corrected chi connectivity index (χ0v) is 17.0. The highest BCUT2D eigenvalue weighted by molar-refractivity contribution is 6.65. The molecule has 2 aromatic rings. The van der Waals surface area contributed by atoms with E-state index in [4.69, 9.17) is 18.8 Å². The van der Waals surface area contributed by atoms with Gasteiger partial charge >= 0.3 is 7.12 Å². The van der Waals surface area contributed by atoms with Crippen molar-refractivity contribution in [2.75, 3.05) is 13.4 Å². The molecule has 0 atom stereocenters. The van der Waals surface area contributed by atoms with Crippen molar-refractivity contribution in [3.8, 4) is 5.75 Å². The summed E-state index contributed by atoms with van der Waals surface area (Å²) in [6.07, 6.45) is 0.578. The molecule has 1 fully saturated rings. The van der Waals surface area contributed by atoms with Crippen molar-refractivity contribution in [3.05, 3.63) is 35.6 Å². The van der Waals surface area contributed by atoms with Crippen LogP contribution in [-0.2, 0) is 20.5 Å². The van der Waals surface area contributed by atoms with Gasteiger partial charge in [0.05, 0.1) is 11.2 Å². The first-order valence-electron chi connectivity index (χ1n) is 9.51. The van der Waals surface area contributed by atoms with Crippen LogP contribution in [0, 0.1) is 5.82 Å². The molecule has 1 heterocycles. The molecule has 3 rings (SSSR count). The Balaban J connectivity index is 2.14. The van der Waals surface area contributed by atoms with E-state index < -0.39 is 18.3 Å². The van der Waals surface area contributed by atoms with Crippen molar-refractivity contribution in [2.24, 2.45) is 0 Å². The van der Waals surface area contributed by atoms with Gasteiger partial charge in [0, 0.05) is 6.61 Å². The largest absolute Gasteiger partial charge is 0.495 e. The van der Waals surface area contributed by atoms with E-state index in [-0.39, 0.29) is 12.6 Å². The maximum Gasteiger partial charge on any atom is 0.495 e. The molecule has 6 heteroatoms. The Hall–Kier alpha value is -1.63. The minimum atomic E-state index is -0.597. The summed E-state index contributed by atoms with van der Waals surface area (Å²) in [5.41, 5.74) is 0.486. The van der Waals surface area contributed by atoms with E-state index in [0.29, 0.717) is 24.3 Å². The van der Waals surface area contributed by atoms with Gasteiger partial charge in [0.1, 0.15) is 11.6 Å². The summed E-state index contributed by atoms with van der Waals surface area (Å²) in [5.74, 6) is 0.431. The third kappa shape index (κ3) is 3.71. The quantitative estimate of drug-likeness (QED) is 0.431. The fraction of sp³-hybridized carbons (Fsp3) is 0.524. The van der Waals surface area contributed by atoms with E-state index in [1.807, 2.05) is 53.7 Å². The van der Waals surface area contributed by atoms with Crippen LogP contribution >= 0.6 is 0 Å². The predicted octanol–water partition coefficient (Wildman–Crippen LogP) is 4.21. The van der Waals surface area contributed by atoms with Crippen molar-refractivity contribution in [1.29, 1.82) is 0 Å². The highest BCUT2D eigenvalue weighted by atomic mass is 19.1. The van der Waals surface area contributed by atoms with Crippen molar-refractivity contribution >= 4 is 23.4 Å². The lowest BCUT2D eigenvalue weighted by molar-refractivity contribution is 0.00578. The second-order valence-corrected chi connectivity index (χ2v) is 7.83. The standard InChI is InChI=1S/C21H28BFO4/c1-7-16-18(23)10-9-14-11-15(25-13-24-8-2)12-17(19(14)16)22-26-20(3,4)21(5,6)27-22/h9-12H,7-8,13H2,1-6H3. The third-order valence-electron chi connectivity index (χ3n) is 5.55. The van der Waals surface area contributed by atoms with Crippen LogP contribution in [0.4, 0.5) is 4.39 Å². The van der Waals surface area contributed by atoms with Crippen molar-refractivity contribution in [1.82, 2.24) is 0 Å². The van der Waals surface area contributed by atoms with Crippen LogP contribution in [-0.4, -0.2) is 31.7 Å². The number of hydrogen-bond acceptors (Lipinski definition) is 4. The Morgan fingerprint density at radius 2 is 1.70 bits per heavy atom. The SMILES string of the molecule is CCOCOc1cc(B2OC(C)(C)C(C)(C)O2)c2c(CC)c(F)ccc2c1. The molecule has 1 aliphatic heterocycles. The molecule has 1 aliphatic rings. The molecule has 4 nitrogen and oxygen atoms in total. The first-order chi connectivity index (χ1) is 12.7. The number of benzene rings is 2. The average Bonchev–Trinajstić information content (AvgIpc) is 2.82. The summed E-state index contributed by atoms with van der Waals surface area (Å²) in [6.45, 7) is 12.6. The summed E-state index contributed by atoms with van der Waals surface area (Å²) < 4.78 is 38.0. The lowest BCUT2D eigenvalue weighted by Gasteiger charge is -2.32. The van der Waals surface area contributed by atoms with Gasteiger partial charge in [-0.2, -0.15) is 0 Å². The van der Waals surface area contributed by atoms with Gasteiger partial charge in [-0.15, -0.1) is 0 Å². The number of halogens is 1. The summed E-state index contributed by atoms with van der Waals surface area (Å²) in [7, 11) is -0.597. The van der Waals surface area contributed by atoms with Crippen LogP contribution in [0.25, 0.3) is 10.8 Å². The smallest absolute Gasteiger partial charge is 0.468 e. The molecule has 0 spiro atoms. The fourth-order valence-corrected chi connectivity index (χ4v) is 3.30. The van der Waals surface area contributed by atoms with Gasteiger partial charge in [0.2, 0.25) is 0 Å². The predicted molar refractivity (Wildman–Crippen MR) is 106 cm³/mol. The molecule has 0 aliphatic carbocycles. The summed E-state index contributed by atoms with van der Waals surface area (Å²) >= 11 is 0. The molecule has 1 saturated heterocycles. The van der Waals surface area contributed by atoms with Crippen molar-refractivity contribution < 1.29 is 23.2 Å². The minimum absolute atomic E-state index is 0.159. The van der Waals surface area contributed by atoms with E-state index in [1.54, 1.807) is 6.07 Å². The van der Waals surface area contributed by atoms with Crippen LogP contribution in [0.15, 0.2) is 24.3 Å². The number of aryl methyl sites for hydroxylation is 1. The molecule has 0 unspecified atom stereocenters. The second-order valence-electron chi connectivity index (χ2n) is 7.83. The van der Waals surface area contributed by atoms with Gasteiger partial charge in [-0.25, -0.2) is 4.39 Å². The number of rotatable bonds is 6. The van der Waals surface area contributed by atoms with Gasteiger partial charge < -0.3 is 18.8 Å². The van der Waals surface area contributed by atoms with E-state index in [0.717, 1.165) is 16.2 Å². The highest BCUT2D eigenvalue weighted by Gasteiger charge is 2.52. The van der Waals surface area contributed by atoms with Gasteiger partial charge in [-0.3, -0.25) is 0 Å². The van der Waals surface area contributed by atoms with Gasteiger partial charge in [0.15, 0.2) is 6.79 Å². The monoisotopic (exact) mass is 374 g/mol. The minimum Gasteiger partial charge on any atom is -0.468 e. The Morgan fingerprint density at radius 1 is 1.04 bits per heavy atom. The first-order valence-corrected chi connectivity index (χ1v) is 9.51. The van der Waals surface area contributed by atoms with E-state index in [2.05, 4.69) is 0 Å². The lowest BCUT2D eigenvalue weighted by Crippen LogP contribution is -2.41. The maximum atomic E-state index is 14.5. The molecule has 0 bridgehead atoms. The normalized spacial score (nSPS) is 18.3. The van der Waals surface area contributed by atoms with Gasteiger partial charge in [-0.1, -0.05) is 13.0 Å². The molecule has 0 N–H and O–H groups in total. The van der Waals surface area contributed by atoms with Crippen LogP contribution < -0.4 is 10.2 Å². The molecular formula is C21H28BFO4. The number of hydrogen-bond donors (Lipinski definition) is 0. The summed E-state index contributed by atoms with van der Waals surface area (Å²) in [4.78, 5) is 0. The Morgan fingerprint density at radius 3 is 2.30 bits per heavy atom. The van der Waals surface area contributed by atoms with Gasteiger partial charge in [0.25, 0.3) is 0 Å². The Bertz CT molecular complexity index is 819. The molecule has 2 aromatic carbocycles. The average molecular weight is 374 g/mol.